The second kappa shape index (κ2) is 5.29. The second-order valence-corrected chi connectivity index (χ2v) is 4.10. The monoisotopic (exact) mass is 200 g/mol. The Balaban J connectivity index is 2.38. The third-order valence-corrected chi connectivity index (χ3v) is 2.58. The van der Waals surface area contributed by atoms with Gasteiger partial charge in [-0.2, -0.15) is 0 Å². The lowest BCUT2D eigenvalue weighted by Crippen LogP contribution is -2.45. The summed E-state index contributed by atoms with van der Waals surface area (Å²) >= 11 is 0. The van der Waals surface area contributed by atoms with Crippen molar-refractivity contribution in [1.82, 2.24) is 15.2 Å². The van der Waals surface area contributed by atoms with Gasteiger partial charge in [-0.15, -0.1) is 0 Å². The SMILES string of the molecule is CN(C)CC1CCCN1CC(=O)NN. The van der Waals surface area contributed by atoms with Crippen molar-refractivity contribution in [3.8, 4) is 0 Å². The summed E-state index contributed by atoms with van der Waals surface area (Å²) in [5, 5.41) is 0. The van der Waals surface area contributed by atoms with Gasteiger partial charge in [0.25, 0.3) is 0 Å². The standard InChI is InChI=1S/C9H20N4O/c1-12(2)6-8-4-3-5-13(8)7-9(14)11-10/h8H,3-7,10H2,1-2H3,(H,11,14). The quantitative estimate of drug-likeness (QED) is 0.347. The average Bonchev–Trinajstić information content (AvgIpc) is 2.52. The first-order chi connectivity index (χ1) is 6.63. The fourth-order valence-electron chi connectivity index (χ4n) is 1.96. The topological polar surface area (TPSA) is 61.6 Å². The molecule has 0 aromatic heterocycles. The third-order valence-electron chi connectivity index (χ3n) is 2.58. The first-order valence-corrected chi connectivity index (χ1v) is 5.01. The number of amides is 1. The number of nitrogens with one attached hydrogen (secondary N) is 1. The molecule has 5 heteroatoms. The molecule has 0 spiro atoms. The first kappa shape index (κ1) is 11.4. The highest BCUT2D eigenvalue weighted by atomic mass is 16.2. The molecule has 5 nitrogen and oxygen atoms in total. The highest BCUT2D eigenvalue weighted by molar-refractivity contribution is 5.77. The zero-order valence-corrected chi connectivity index (χ0v) is 8.99. The van der Waals surface area contributed by atoms with E-state index in [1.54, 1.807) is 0 Å². The summed E-state index contributed by atoms with van der Waals surface area (Å²) in [7, 11) is 4.11. The number of rotatable bonds is 4. The molecular formula is C9H20N4O. The summed E-state index contributed by atoms with van der Waals surface area (Å²) in [5.74, 6) is 4.96. The smallest absolute Gasteiger partial charge is 0.248 e. The molecule has 0 bridgehead atoms. The summed E-state index contributed by atoms with van der Waals surface area (Å²) < 4.78 is 0. The van der Waals surface area contributed by atoms with Crippen LogP contribution in [0.3, 0.4) is 0 Å². The fraction of sp³-hybridized carbons (Fsp3) is 0.889. The van der Waals surface area contributed by atoms with Crippen LogP contribution in [0.5, 0.6) is 0 Å². The molecular weight excluding hydrogens is 180 g/mol. The number of likely N-dealkylation sites (tertiary alicyclic amines) is 1. The maximum atomic E-state index is 11.1. The lowest BCUT2D eigenvalue weighted by atomic mass is 10.2. The van der Waals surface area contributed by atoms with Crippen LogP contribution in [0.25, 0.3) is 0 Å². The van der Waals surface area contributed by atoms with Gasteiger partial charge in [0.15, 0.2) is 0 Å². The molecule has 1 aliphatic rings. The number of nitrogens with two attached hydrogens (primary N) is 1. The van der Waals surface area contributed by atoms with Crippen LogP contribution in [-0.2, 0) is 4.79 Å². The molecule has 1 aliphatic heterocycles. The molecule has 1 atom stereocenters. The molecule has 1 heterocycles. The molecule has 0 aromatic rings. The van der Waals surface area contributed by atoms with Crippen LogP contribution in [0.2, 0.25) is 0 Å². The Hall–Kier alpha value is -0.650. The number of carbonyl (C=O) groups excluding carboxylic acids is 1. The van der Waals surface area contributed by atoms with Crippen molar-refractivity contribution in [3.63, 3.8) is 0 Å². The maximum Gasteiger partial charge on any atom is 0.248 e. The van der Waals surface area contributed by atoms with E-state index in [-0.39, 0.29) is 5.91 Å². The van der Waals surface area contributed by atoms with Crippen LogP contribution in [0, 0.1) is 0 Å². The van der Waals surface area contributed by atoms with Gasteiger partial charge in [0.1, 0.15) is 0 Å². The highest BCUT2D eigenvalue weighted by Crippen LogP contribution is 2.16. The Labute approximate surface area is 85.2 Å². The second-order valence-electron chi connectivity index (χ2n) is 4.10. The van der Waals surface area contributed by atoms with E-state index in [0.717, 1.165) is 13.1 Å². The molecule has 82 valence electrons. The molecule has 1 rings (SSSR count). The molecule has 0 radical (unpaired) electrons. The van der Waals surface area contributed by atoms with Crippen molar-refractivity contribution in [2.45, 2.75) is 18.9 Å². The van der Waals surface area contributed by atoms with Crippen molar-refractivity contribution in [1.29, 1.82) is 0 Å². The normalized spacial score (nSPS) is 23.0. The zero-order chi connectivity index (χ0) is 10.6. The van der Waals surface area contributed by atoms with Crippen LogP contribution >= 0.6 is 0 Å². The van der Waals surface area contributed by atoms with Gasteiger partial charge in [0.2, 0.25) is 5.91 Å². The molecule has 0 aromatic carbocycles. The summed E-state index contributed by atoms with van der Waals surface area (Å²) in [4.78, 5) is 15.5. The van der Waals surface area contributed by atoms with Gasteiger partial charge in [-0.1, -0.05) is 0 Å². The van der Waals surface area contributed by atoms with Crippen LogP contribution in [0.1, 0.15) is 12.8 Å². The number of nitrogens with zero attached hydrogens (tertiary/aromatic N) is 2. The number of hydrogen-bond donors (Lipinski definition) is 2. The predicted molar refractivity (Wildman–Crippen MR) is 55.5 cm³/mol. The first-order valence-electron chi connectivity index (χ1n) is 5.01. The van der Waals surface area contributed by atoms with Gasteiger partial charge in [-0.3, -0.25) is 15.1 Å². The Morgan fingerprint density at radius 1 is 1.64 bits per heavy atom. The minimum Gasteiger partial charge on any atom is -0.308 e. The number of hydrazine groups is 1. The van der Waals surface area contributed by atoms with Gasteiger partial charge in [-0.25, -0.2) is 5.84 Å². The van der Waals surface area contributed by atoms with Gasteiger partial charge in [0, 0.05) is 12.6 Å². The maximum absolute atomic E-state index is 11.1. The van der Waals surface area contributed by atoms with E-state index >= 15 is 0 Å². The number of hydrogen-bond acceptors (Lipinski definition) is 4. The van der Waals surface area contributed by atoms with Gasteiger partial charge in [0.05, 0.1) is 6.54 Å². The minimum atomic E-state index is -0.101. The van der Waals surface area contributed by atoms with Gasteiger partial charge < -0.3 is 4.90 Å². The lowest BCUT2D eigenvalue weighted by Gasteiger charge is -2.25. The molecule has 0 aliphatic carbocycles. The average molecular weight is 200 g/mol. The lowest BCUT2D eigenvalue weighted by molar-refractivity contribution is -0.122. The van der Waals surface area contributed by atoms with Crippen molar-refractivity contribution in [2.75, 3.05) is 33.7 Å². The molecule has 1 fully saturated rings. The zero-order valence-electron chi connectivity index (χ0n) is 8.99. The van der Waals surface area contributed by atoms with Crippen LogP contribution in [0.15, 0.2) is 0 Å². The van der Waals surface area contributed by atoms with E-state index < -0.39 is 0 Å². The van der Waals surface area contributed by atoms with Crippen molar-refractivity contribution >= 4 is 5.91 Å². The highest BCUT2D eigenvalue weighted by Gasteiger charge is 2.25. The van der Waals surface area contributed by atoms with Gasteiger partial charge in [-0.05, 0) is 33.5 Å². The van der Waals surface area contributed by atoms with Gasteiger partial charge >= 0.3 is 0 Å². The fourth-order valence-corrected chi connectivity index (χ4v) is 1.96. The predicted octanol–water partition coefficient (Wildman–Crippen LogP) is -0.998. The van der Waals surface area contributed by atoms with E-state index in [9.17, 15) is 4.79 Å². The van der Waals surface area contributed by atoms with Crippen LogP contribution in [0.4, 0.5) is 0 Å². The summed E-state index contributed by atoms with van der Waals surface area (Å²) in [5.41, 5.74) is 2.17. The van der Waals surface area contributed by atoms with Crippen molar-refractivity contribution < 1.29 is 4.79 Å². The Morgan fingerprint density at radius 2 is 2.36 bits per heavy atom. The summed E-state index contributed by atoms with van der Waals surface area (Å²) in [6.45, 7) is 2.44. The van der Waals surface area contributed by atoms with E-state index in [2.05, 4.69) is 29.3 Å². The van der Waals surface area contributed by atoms with Crippen molar-refractivity contribution in [3.05, 3.63) is 0 Å². The summed E-state index contributed by atoms with van der Waals surface area (Å²) in [6.07, 6.45) is 2.35. The molecule has 3 N–H and O–H groups in total. The number of likely N-dealkylation sites (N-methyl/N-ethyl adjacent to an activating group) is 1. The van der Waals surface area contributed by atoms with Crippen LogP contribution in [-0.4, -0.2) is 55.5 Å². The third kappa shape index (κ3) is 3.25. The van der Waals surface area contributed by atoms with E-state index in [1.807, 2.05) is 0 Å². The Morgan fingerprint density at radius 3 is 2.93 bits per heavy atom. The van der Waals surface area contributed by atoms with E-state index in [0.29, 0.717) is 12.6 Å². The molecule has 1 unspecified atom stereocenters. The molecule has 14 heavy (non-hydrogen) atoms. The van der Waals surface area contributed by atoms with Crippen molar-refractivity contribution in [2.24, 2.45) is 5.84 Å². The Kier molecular flexibility index (Phi) is 4.31. The molecule has 1 saturated heterocycles. The van der Waals surface area contributed by atoms with E-state index in [1.165, 1.54) is 12.8 Å². The summed E-state index contributed by atoms with van der Waals surface area (Å²) in [6, 6.07) is 0.502. The molecule has 1 amide bonds. The minimum absolute atomic E-state index is 0.101. The Bertz CT molecular complexity index is 195. The van der Waals surface area contributed by atoms with E-state index in [4.69, 9.17) is 5.84 Å². The molecule has 0 saturated carbocycles. The largest absolute Gasteiger partial charge is 0.308 e. The number of carbonyl (C=O) groups is 1. The van der Waals surface area contributed by atoms with Crippen LogP contribution < -0.4 is 11.3 Å².